The van der Waals surface area contributed by atoms with E-state index in [4.69, 9.17) is 10.5 Å². The predicted molar refractivity (Wildman–Crippen MR) is 68.1 cm³/mol. The number of nitrogens with two attached hydrogens (primary N) is 1. The number of amides is 3. The summed E-state index contributed by atoms with van der Waals surface area (Å²) in [6, 6.07) is -0.840. The van der Waals surface area contributed by atoms with Gasteiger partial charge in [0.25, 0.3) is 0 Å². The number of esters is 1. The Kier molecular flexibility index (Phi) is 6.27. The van der Waals surface area contributed by atoms with E-state index in [9.17, 15) is 14.4 Å². The van der Waals surface area contributed by atoms with Crippen molar-refractivity contribution in [3.8, 4) is 0 Å². The summed E-state index contributed by atoms with van der Waals surface area (Å²) in [4.78, 5) is 35.4. The van der Waals surface area contributed by atoms with Crippen molar-refractivity contribution in [1.29, 1.82) is 0 Å². The molecule has 0 spiro atoms. The van der Waals surface area contributed by atoms with Crippen LogP contribution in [-0.2, 0) is 14.3 Å². The summed E-state index contributed by atoms with van der Waals surface area (Å²) in [6.07, 6.45) is 1.92. The molecule has 1 heterocycles. The molecule has 0 aromatic carbocycles. The van der Waals surface area contributed by atoms with Gasteiger partial charge in [0.2, 0.25) is 5.91 Å². The van der Waals surface area contributed by atoms with Crippen LogP contribution < -0.4 is 11.1 Å². The van der Waals surface area contributed by atoms with Crippen LogP contribution >= 0.6 is 0 Å². The minimum atomic E-state index is -0.840. The van der Waals surface area contributed by atoms with Crippen LogP contribution in [0.2, 0.25) is 0 Å². The standard InChI is InChI=1S/C12H21N3O4/c1-2-19-11(17)9-4-3-6-15(8-9)7-5-10(16)14-12(13)18/h9H,2-8H2,1H3,(H3,13,14,16,18)/t9-/m1/s1. The third-order valence-corrected chi connectivity index (χ3v) is 3.04. The zero-order chi connectivity index (χ0) is 14.3. The summed E-state index contributed by atoms with van der Waals surface area (Å²) in [5.74, 6) is -0.688. The number of hydrogen-bond acceptors (Lipinski definition) is 5. The van der Waals surface area contributed by atoms with E-state index in [-0.39, 0.29) is 18.3 Å². The maximum Gasteiger partial charge on any atom is 0.318 e. The molecule has 0 aromatic heterocycles. The number of imide groups is 1. The van der Waals surface area contributed by atoms with Gasteiger partial charge in [0.1, 0.15) is 0 Å². The first-order valence-electron chi connectivity index (χ1n) is 6.51. The van der Waals surface area contributed by atoms with E-state index in [1.54, 1.807) is 6.92 Å². The van der Waals surface area contributed by atoms with Crippen LogP contribution in [0.5, 0.6) is 0 Å². The molecular formula is C12H21N3O4. The van der Waals surface area contributed by atoms with Crippen molar-refractivity contribution in [2.45, 2.75) is 26.2 Å². The van der Waals surface area contributed by atoms with Crippen LogP contribution in [-0.4, -0.2) is 49.0 Å². The summed E-state index contributed by atoms with van der Waals surface area (Å²) < 4.78 is 5.00. The molecule has 0 unspecified atom stereocenters. The van der Waals surface area contributed by atoms with E-state index in [1.807, 2.05) is 10.2 Å². The monoisotopic (exact) mass is 271 g/mol. The van der Waals surface area contributed by atoms with Gasteiger partial charge in [0, 0.05) is 19.5 Å². The van der Waals surface area contributed by atoms with E-state index in [0.29, 0.717) is 19.7 Å². The second kappa shape index (κ2) is 7.73. The predicted octanol–water partition coefficient (Wildman–Crippen LogP) is -0.153. The highest BCUT2D eigenvalue weighted by Crippen LogP contribution is 2.17. The van der Waals surface area contributed by atoms with Crippen molar-refractivity contribution in [2.24, 2.45) is 11.7 Å². The number of primary amides is 1. The zero-order valence-corrected chi connectivity index (χ0v) is 11.2. The number of carbonyl (C=O) groups excluding carboxylic acids is 3. The molecule has 7 heteroatoms. The van der Waals surface area contributed by atoms with Crippen LogP contribution in [0.15, 0.2) is 0 Å². The van der Waals surface area contributed by atoms with Crippen molar-refractivity contribution >= 4 is 17.9 Å². The normalized spacial score (nSPS) is 19.7. The molecule has 1 fully saturated rings. The molecule has 0 bridgehead atoms. The average Bonchev–Trinajstić information content (AvgIpc) is 2.36. The molecular weight excluding hydrogens is 250 g/mol. The molecule has 1 aliphatic rings. The van der Waals surface area contributed by atoms with Crippen molar-refractivity contribution < 1.29 is 19.1 Å². The van der Waals surface area contributed by atoms with Crippen LogP contribution in [0.4, 0.5) is 4.79 Å². The van der Waals surface area contributed by atoms with Crippen LogP contribution in [0.25, 0.3) is 0 Å². The fraction of sp³-hybridized carbons (Fsp3) is 0.750. The van der Waals surface area contributed by atoms with E-state index in [1.165, 1.54) is 0 Å². The van der Waals surface area contributed by atoms with Gasteiger partial charge in [-0.1, -0.05) is 0 Å². The fourth-order valence-corrected chi connectivity index (χ4v) is 2.17. The number of rotatable bonds is 5. The van der Waals surface area contributed by atoms with Crippen LogP contribution in [0.1, 0.15) is 26.2 Å². The van der Waals surface area contributed by atoms with E-state index >= 15 is 0 Å². The molecule has 0 aliphatic carbocycles. The van der Waals surface area contributed by atoms with E-state index < -0.39 is 11.9 Å². The summed E-state index contributed by atoms with van der Waals surface area (Å²) >= 11 is 0. The molecule has 0 radical (unpaired) electrons. The van der Waals surface area contributed by atoms with Gasteiger partial charge in [-0.25, -0.2) is 4.79 Å². The van der Waals surface area contributed by atoms with Gasteiger partial charge < -0.3 is 15.4 Å². The molecule has 1 atom stereocenters. The SMILES string of the molecule is CCOC(=O)[C@@H]1CCCN(CCC(=O)NC(N)=O)C1. The summed E-state index contributed by atoms with van der Waals surface area (Å²) in [5, 5.41) is 2.02. The molecule has 1 rings (SSSR count). The van der Waals surface area contributed by atoms with Crippen molar-refractivity contribution in [3.05, 3.63) is 0 Å². The highest BCUT2D eigenvalue weighted by Gasteiger charge is 2.26. The van der Waals surface area contributed by atoms with E-state index in [2.05, 4.69) is 0 Å². The fourth-order valence-electron chi connectivity index (χ4n) is 2.17. The van der Waals surface area contributed by atoms with Crippen molar-refractivity contribution in [3.63, 3.8) is 0 Å². The van der Waals surface area contributed by atoms with Gasteiger partial charge in [-0.15, -0.1) is 0 Å². The largest absolute Gasteiger partial charge is 0.466 e. The van der Waals surface area contributed by atoms with Gasteiger partial charge >= 0.3 is 12.0 Å². The molecule has 19 heavy (non-hydrogen) atoms. The second-order valence-electron chi connectivity index (χ2n) is 4.55. The van der Waals surface area contributed by atoms with Crippen molar-refractivity contribution in [1.82, 2.24) is 10.2 Å². The topological polar surface area (TPSA) is 102 Å². The lowest BCUT2D eigenvalue weighted by Crippen LogP contribution is -2.42. The molecule has 0 saturated carbocycles. The minimum Gasteiger partial charge on any atom is -0.466 e. The zero-order valence-electron chi connectivity index (χ0n) is 11.2. The Hall–Kier alpha value is -1.63. The Morgan fingerprint density at radius 3 is 2.79 bits per heavy atom. The number of nitrogens with one attached hydrogen (secondary N) is 1. The van der Waals surface area contributed by atoms with E-state index in [0.717, 1.165) is 19.4 Å². The van der Waals surface area contributed by atoms with Crippen molar-refractivity contribution in [2.75, 3.05) is 26.2 Å². The average molecular weight is 271 g/mol. The minimum absolute atomic E-state index is 0.118. The molecule has 1 aliphatic heterocycles. The van der Waals surface area contributed by atoms with Gasteiger partial charge in [0.15, 0.2) is 0 Å². The first kappa shape index (κ1) is 15.4. The number of urea groups is 1. The number of likely N-dealkylation sites (tertiary alicyclic amines) is 1. The summed E-state index contributed by atoms with van der Waals surface area (Å²) in [6.45, 7) is 4.13. The quantitative estimate of drug-likeness (QED) is 0.677. The number of hydrogen-bond donors (Lipinski definition) is 2. The Morgan fingerprint density at radius 2 is 2.16 bits per heavy atom. The second-order valence-corrected chi connectivity index (χ2v) is 4.55. The lowest BCUT2D eigenvalue weighted by molar-refractivity contribution is -0.149. The lowest BCUT2D eigenvalue weighted by Gasteiger charge is -2.31. The molecule has 108 valence electrons. The summed E-state index contributed by atoms with van der Waals surface area (Å²) in [5.41, 5.74) is 4.85. The molecule has 3 amide bonds. The summed E-state index contributed by atoms with van der Waals surface area (Å²) in [7, 11) is 0. The van der Waals surface area contributed by atoms with Crippen LogP contribution in [0.3, 0.4) is 0 Å². The number of carbonyl (C=O) groups is 3. The smallest absolute Gasteiger partial charge is 0.318 e. The Morgan fingerprint density at radius 1 is 1.42 bits per heavy atom. The maximum atomic E-state index is 11.6. The van der Waals surface area contributed by atoms with Gasteiger partial charge in [-0.3, -0.25) is 14.9 Å². The van der Waals surface area contributed by atoms with Gasteiger partial charge in [0.05, 0.1) is 12.5 Å². The highest BCUT2D eigenvalue weighted by molar-refractivity contribution is 5.93. The van der Waals surface area contributed by atoms with Crippen LogP contribution in [0, 0.1) is 5.92 Å². The lowest BCUT2D eigenvalue weighted by atomic mass is 9.98. The molecule has 1 saturated heterocycles. The Labute approximate surface area is 112 Å². The van der Waals surface area contributed by atoms with Gasteiger partial charge in [-0.2, -0.15) is 0 Å². The van der Waals surface area contributed by atoms with Gasteiger partial charge in [-0.05, 0) is 26.3 Å². The Balaban J connectivity index is 2.32. The third-order valence-electron chi connectivity index (χ3n) is 3.04. The molecule has 3 N–H and O–H groups in total. The highest BCUT2D eigenvalue weighted by atomic mass is 16.5. The first-order chi connectivity index (χ1) is 9.02. The first-order valence-corrected chi connectivity index (χ1v) is 6.51. The number of nitrogens with zero attached hydrogens (tertiary/aromatic N) is 1. The number of ether oxygens (including phenoxy) is 1. The molecule has 0 aromatic rings. The Bertz CT molecular complexity index is 346. The maximum absolute atomic E-state index is 11.6. The third kappa shape index (κ3) is 5.69. The molecule has 7 nitrogen and oxygen atoms in total. The number of piperidine rings is 1.